The van der Waals surface area contributed by atoms with Gasteiger partial charge < -0.3 is 10.1 Å². The Hall–Kier alpha value is -2.01. The molecule has 2 bridgehead atoms. The number of alkyl halides is 3. The molecule has 0 radical (unpaired) electrons. The molecule has 0 amide bonds. The van der Waals surface area contributed by atoms with Crippen LogP contribution in [-0.2, 0) is 6.18 Å². The van der Waals surface area contributed by atoms with Crippen molar-refractivity contribution < 1.29 is 17.9 Å². The summed E-state index contributed by atoms with van der Waals surface area (Å²) in [5.41, 5.74) is 0.987. The topological polar surface area (TPSA) is 21.3 Å². The van der Waals surface area contributed by atoms with Gasteiger partial charge in [-0.3, -0.25) is 0 Å². The Labute approximate surface area is 145 Å². The second-order valence-corrected chi connectivity index (χ2v) is 6.95. The van der Waals surface area contributed by atoms with Crippen molar-refractivity contribution in [2.45, 2.75) is 50.0 Å². The molecule has 2 aliphatic heterocycles. The molecule has 2 saturated heterocycles. The number of fused-ring (bicyclic) bond motifs is 2. The van der Waals surface area contributed by atoms with Crippen LogP contribution in [0.3, 0.4) is 0 Å². The lowest BCUT2D eigenvalue weighted by Gasteiger charge is -2.29. The molecule has 132 valence electrons. The lowest BCUT2D eigenvalue weighted by molar-refractivity contribution is -0.137. The molecule has 2 aliphatic rings. The third kappa shape index (κ3) is 3.66. The maximum Gasteiger partial charge on any atom is 0.416 e. The van der Waals surface area contributed by atoms with E-state index in [2.05, 4.69) is 5.32 Å². The van der Waals surface area contributed by atoms with Gasteiger partial charge >= 0.3 is 6.18 Å². The Balaban J connectivity index is 1.49. The molecule has 25 heavy (non-hydrogen) atoms. The SMILES string of the molecule is FC(F)(F)c1ccc(-c2cccc(O[C@@H]3C[C@H]4CC[C@@H](C3)N4)c2)cc1. The Morgan fingerprint density at radius 1 is 0.880 bits per heavy atom. The van der Waals surface area contributed by atoms with E-state index in [0.29, 0.717) is 12.1 Å². The van der Waals surface area contributed by atoms with Crippen molar-refractivity contribution in [1.29, 1.82) is 0 Å². The van der Waals surface area contributed by atoms with Crippen LogP contribution >= 0.6 is 0 Å². The second-order valence-electron chi connectivity index (χ2n) is 6.95. The molecule has 0 spiro atoms. The molecule has 2 aromatic rings. The lowest BCUT2D eigenvalue weighted by Crippen LogP contribution is -2.42. The van der Waals surface area contributed by atoms with E-state index in [0.717, 1.165) is 41.9 Å². The zero-order valence-corrected chi connectivity index (χ0v) is 13.7. The number of halogens is 3. The van der Waals surface area contributed by atoms with Crippen LogP contribution in [0.1, 0.15) is 31.2 Å². The first-order valence-corrected chi connectivity index (χ1v) is 8.68. The molecule has 0 unspecified atom stereocenters. The van der Waals surface area contributed by atoms with Gasteiger partial charge in [0.05, 0.1) is 5.56 Å². The van der Waals surface area contributed by atoms with E-state index in [-0.39, 0.29) is 6.10 Å². The van der Waals surface area contributed by atoms with E-state index in [4.69, 9.17) is 4.74 Å². The minimum atomic E-state index is -4.31. The highest BCUT2D eigenvalue weighted by atomic mass is 19.4. The van der Waals surface area contributed by atoms with Crippen molar-refractivity contribution in [3.05, 3.63) is 54.1 Å². The van der Waals surface area contributed by atoms with Gasteiger partial charge in [-0.15, -0.1) is 0 Å². The molecule has 4 rings (SSSR count). The van der Waals surface area contributed by atoms with Gasteiger partial charge in [0.1, 0.15) is 11.9 Å². The van der Waals surface area contributed by atoms with Gasteiger partial charge in [-0.25, -0.2) is 0 Å². The molecule has 3 atom stereocenters. The van der Waals surface area contributed by atoms with Gasteiger partial charge in [-0.2, -0.15) is 13.2 Å². The van der Waals surface area contributed by atoms with Gasteiger partial charge in [-0.1, -0.05) is 24.3 Å². The van der Waals surface area contributed by atoms with Gasteiger partial charge in [0.15, 0.2) is 0 Å². The first kappa shape index (κ1) is 16.5. The minimum absolute atomic E-state index is 0.210. The summed E-state index contributed by atoms with van der Waals surface area (Å²) in [7, 11) is 0. The van der Waals surface area contributed by atoms with E-state index >= 15 is 0 Å². The van der Waals surface area contributed by atoms with Crippen molar-refractivity contribution in [1.82, 2.24) is 5.32 Å². The fourth-order valence-electron chi connectivity index (χ4n) is 3.89. The standard InChI is InChI=1S/C20H20F3NO/c21-20(22,23)15-6-4-13(5-7-15)14-2-1-3-18(10-14)25-19-11-16-8-9-17(12-19)24-16/h1-7,10,16-17,19,24H,8-9,11-12H2/t16-,17+,19-. The summed E-state index contributed by atoms with van der Waals surface area (Å²) in [6.45, 7) is 0. The smallest absolute Gasteiger partial charge is 0.416 e. The average Bonchev–Trinajstić information content (AvgIpc) is 2.93. The number of piperidine rings is 1. The summed E-state index contributed by atoms with van der Waals surface area (Å²) in [6.07, 6.45) is 0.369. The monoisotopic (exact) mass is 347 g/mol. The summed E-state index contributed by atoms with van der Waals surface area (Å²) in [4.78, 5) is 0. The number of hydrogen-bond donors (Lipinski definition) is 1. The number of rotatable bonds is 3. The fourth-order valence-corrected chi connectivity index (χ4v) is 3.89. The quantitative estimate of drug-likeness (QED) is 0.840. The zero-order chi connectivity index (χ0) is 17.4. The lowest BCUT2D eigenvalue weighted by atomic mass is 10.0. The molecule has 2 aromatic carbocycles. The summed E-state index contributed by atoms with van der Waals surface area (Å²) >= 11 is 0. The Morgan fingerprint density at radius 3 is 2.20 bits per heavy atom. The molecule has 2 heterocycles. The molecule has 2 nitrogen and oxygen atoms in total. The highest BCUT2D eigenvalue weighted by molar-refractivity contribution is 5.65. The maximum absolute atomic E-state index is 12.7. The molecule has 5 heteroatoms. The predicted octanol–water partition coefficient (Wildman–Crippen LogP) is 5.03. The Bertz CT molecular complexity index is 729. The molecular formula is C20H20F3NO. The summed E-state index contributed by atoms with van der Waals surface area (Å²) < 4.78 is 44.2. The van der Waals surface area contributed by atoms with E-state index in [1.165, 1.54) is 25.0 Å². The van der Waals surface area contributed by atoms with Crippen LogP contribution in [0.5, 0.6) is 5.75 Å². The van der Waals surface area contributed by atoms with Crippen LogP contribution in [0.2, 0.25) is 0 Å². The third-order valence-electron chi connectivity index (χ3n) is 5.11. The molecule has 0 aliphatic carbocycles. The van der Waals surface area contributed by atoms with Gasteiger partial charge in [0.2, 0.25) is 0 Å². The van der Waals surface area contributed by atoms with Crippen molar-refractivity contribution >= 4 is 0 Å². The van der Waals surface area contributed by atoms with Crippen molar-refractivity contribution in [3.63, 3.8) is 0 Å². The Kier molecular flexibility index (Phi) is 4.20. The van der Waals surface area contributed by atoms with Crippen LogP contribution < -0.4 is 10.1 Å². The molecule has 0 saturated carbocycles. The maximum atomic E-state index is 12.7. The highest BCUT2D eigenvalue weighted by Crippen LogP contribution is 2.33. The van der Waals surface area contributed by atoms with Gasteiger partial charge in [0.25, 0.3) is 0 Å². The van der Waals surface area contributed by atoms with E-state index in [9.17, 15) is 13.2 Å². The average molecular weight is 347 g/mol. The number of ether oxygens (including phenoxy) is 1. The molecule has 2 fully saturated rings. The zero-order valence-electron chi connectivity index (χ0n) is 13.7. The van der Waals surface area contributed by atoms with Crippen LogP contribution in [0, 0.1) is 0 Å². The largest absolute Gasteiger partial charge is 0.490 e. The summed E-state index contributed by atoms with van der Waals surface area (Å²) in [5, 5.41) is 3.59. The molecular weight excluding hydrogens is 327 g/mol. The minimum Gasteiger partial charge on any atom is -0.490 e. The van der Waals surface area contributed by atoms with Crippen molar-refractivity contribution in [3.8, 4) is 16.9 Å². The first-order chi connectivity index (χ1) is 12.0. The van der Waals surface area contributed by atoms with Gasteiger partial charge in [0, 0.05) is 12.1 Å². The van der Waals surface area contributed by atoms with E-state index < -0.39 is 11.7 Å². The summed E-state index contributed by atoms with van der Waals surface area (Å²) in [5.74, 6) is 0.781. The van der Waals surface area contributed by atoms with Crippen LogP contribution in [0.4, 0.5) is 13.2 Å². The van der Waals surface area contributed by atoms with Crippen molar-refractivity contribution in [2.24, 2.45) is 0 Å². The van der Waals surface area contributed by atoms with Crippen LogP contribution in [-0.4, -0.2) is 18.2 Å². The molecule has 0 aromatic heterocycles. The van der Waals surface area contributed by atoms with Crippen LogP contribution in [0.15, 0.2) is 48.5 Å². The predicted molar refractivity (Wildman–Crippen MR) is 90.5 cm³/mol. The first-order valence-electron chi connectivity index (χ1n) is 8.68. The second kappa shape index (κ2) is 6.37. The van der Waals surface area contributed by atoms with Crippen LogP contribution in [0.25, 0.3) is 11.1 Å². The number of hydrogen-bond acceptors (Lipinski definition) is 2. The third-order valence-corrected chi connectivity index (χ3v) is 5.11. The highest BCUT2D eigenvalue weighted by Gasteiger charge is 2.34. The number of nitrogens with one attached hydrogen (secondary N) is 1. The van der Waals surface area contributed by atoms with Gasteiger partial charge in [-0.05, 0) is 61.1 Å². The van der Waals surface area contributed by atoms with E-state index in [1.807, 2.05) is 24.3 Å². The Morgan fingerprint density at radius 2 is 1.56 bits per heavy atom. The molecule has 1 N–H and O–H groups in total. The van der Waals surface area contributed by atoms with Crippen molar-refractivity contribution in [2.75, 3.05) is 0 Å². The fraction of sp³-hybridized carbons (Fsp3) is 0.400. The normalized spacial score (nSPS) is 25.8. The summed E-state index contributed by atoms with van der Waals surface area (Å²) in [6, 6.07) is 14.0. The number of benzene rings is 2. The van der Waals surface area contributed by atoms with E-state index in [1.54, 1.807) is 0 Å².